The van der Waals surface area contributed by atoms with Gasteiger partial charge < -0.3 is 9.80 Å². The minimum Gasteiger partial charge on any atom is -0.368 e. The summed E-state index contributed by atoms with van der Waals surface area (Å²) >= 11 is 8.04. The van der Waals surface area contributed by atoms with Gasteiger partial charge >= 0.3 is 0 Å². The Bertz CT molecular complexity index is 1180. The molecule has 0 N–H and O–H groups in total. The van der Waals surface area contributed by atoms with Crippen LogP contribution in [0.1, 0.15) is 10.4 Å². The predicted octanol–water partition coefficient (Wildman–Crippen LogP) is 5.96. The summed E-state index contributed by atoms with van der Waals surface area (Å²) in [6, 6.07) is 19.3. The molecule has 30 heavy (non-hydrogen) atoms. The van der Waals surface area contributed by atoms with E-state index < -0.39 is 0 Å². The van der Waals surface area contributed by atoms with Crippen LogP contribution in [0.4, 0.5) is 11.5 Å². The second kappa shape index (κ2) is 7.89. The zero-order valence-corrected chi connectivity index (χ0v) is 18.7. The van der Waals surface area contributed by atoms with Gasteiger partial charge in [-0.15, -0.1) is 11.3 Å². The smallest absolute Gasteiger partial charge is 0.225 e. The molecule has 4 aromatic rings. The molecule has 0 aliphatic carbocycles. The molecule has 0 saturated carbocycles. The molecule has 1 aliphatic heterocycles. The van der Waals surface area contributed by atoms with Gasteiger partial charge in [-0.3, -0.25) is 0 Å². The second-order valence-electron chi connectivity index (χ2n) is 7.71. The van der Waals surface area contributed by atoms with E-state index in [1.54, 1.807) is 11.3 Å². The maximum atomic E-state index is 6.34. The van der Waals surface area contributed by atoms with Crippen molar-refractivity contribution >= 4 is 44.7 Å². The number of aryl methyl sites for hydroxylation is 2. The van der Waals surface area contributed by atoms with E-state index in [9.17, 15) is 0 Å². The lowest BCUT2D eigenvalue weighted by atomic mass is 10.0. The van der Waals surface area contributed by atoms with Gasteiger partial charge in [-0.1, -0.05) is 48.0 Å². The average Bonchev–Trinajstić information content (AvgIpc) is 3.10. The van der Waals surface area contributed by atoms with Crippen LogP contribution < -0.4 is 9.80 Å². The molecule has 152 valence electrons. The lowest BCUT2D eigenvalue weighted by Crippen LogP contribution is -2.47. The van der Waals surface area contributed by atoms with Crippen molar-refractivity contribution in [2.24, 2.45) is 0 Å². The zero-order chi connectivity index (χ0) is 20.7. The van der Waals surface area contributed by atoms with Crippen LogP contribution in [-0.4, -0.2) is 36.1 Å². The highest BCUT2D eigenvalue weighted by Crippen LogP contribution is 2.42. The first-order chi connectivity index (χ1) is 14.6. The monoisotopic (exact) mass is 434 g/mol. The number of piperazine rings is 1. The van der Waals surface area contributed by atoms with E-state index in [0.29, 0.717) is 5.28 Å². The van der Waals surface area contributed by atoms with Crippen molar-refractivity contribution < 1.29 is 0 Å². The number of aromatic nitrogens is 2. The van der Waals surface area contributed by atoms with Crippen molar-refractivity contribution in [2.45, 2.75) is 13.8 Å². The summed E-state index contributed by atoms with van der Waals surface area (Å²) in [4.78, 5) is 16.3. The molecule has 3 heterocycles. The van der Waals surface area contributed by atoms with Crippen LogP contribution in [0.3, 0.4) is 0 Å². The van der Waals surface area contributed by atoms with Crippen LogP contribution in [0.25, 0.3) is 21.3 Å². The molecule has 2 aromatic carbocycles. The van der Waals surface area contributed by atoms with Crippen LogP contribution in [0, 0.1) is 13.8 Å². The van der Waals surface area contributed by atoms with Crippen LogP contribution in [0.15, 0.2) is 54.6 Å². The number of hydrogen-bond donors (Lipinski definition) is 0. The molecule has 1 aliphatic rings. The molecule has 0 unspecified atom stereocenters. The minimum absolute atomic E-state index is 0.319. The molecule has 6 heteroatoms. The second-order valence-corrected chi connectivity index (χ2v) is 9.25. The van der Waals surface area contributed by atoms with Crippen molar-refractivity contribution in [1.29, 1.82) is 0 Å². The third-order valence-electron chi connectivity index (χ3n) is 5.72. The van der Waals surface area contributed by atoms with Crippen molar-refractivity contribution in [2.75, 3.05) is 36.0 Å². The van der Waals surface area contributed by atoms with Gasteiger partial charge in [0.1, 0.15) is 10.6 Å². The number of hydrogen-bond acceptors (Lipinski definition) is 5. The van der Waals surface area contributed by atoms with E-state index in [1.807, 2.05) is 0 Å². The van der Waals surface area contributed by atoms with Gasteiger partial charge in [0.05, 0.1) is 5.39 Å². The van der Waals surface area contributed by atoms with Gasteiger partial charge in [-0.2, -0.15) is 4.98 Å². The van der Waals surface area contributed by atoms with Crippen molar-refractivity contribution in [3.8, 4) is 11.1 Å². The molecule has 1 fully saturated rings. The summed E-state index contributed by atoms with van der Waals surface area (Å²) in [7, 11) is 0. The predicted molar refractivity (Wildman–Crippen MR) is 128 cm³/mol. The Morgan fingerprint density at radius 1 is 0.833 bits per heavy atom. The summed E-state index contributed by atoms with van der Waals surface area (Å²) in [5, 5.41) is 1.44. The third kappa shape index (κ3) is 3.53. The Morgan fingerprint density at radius 2 is 1.50 bits per heavy atom. The first-order valence-electron chi connectivity index (χ1n) is 10.2. The van der Waals surface area contributed by atoms with Crippen molar-refractivity contribution in [1.82, 2.24) is 9.97 Å². The molecule has 0 spiro atoms. The van der Waals surface area contributed by atoms with E-state index >= 15 is 0 Å². The Balaban J connectivity index is 1.54. The summed E-state index contributed by atoms with van der Waals surface area (Å²) in [5.41, 5.74) is 4.97. The molecule has 2 aromatic heterocycles. The molecular weight excluding hydrogens is 412 g/mol. The van der Waals surface area contributed by atoms with Gasteiger partial charge in [0, 0.05) is 42.3 Å². The van der Waals surface area contributed by atoms with Gasteiger partial charge in [-0.05, 0) is 43.1 Å². The fourth-order valence-corrected chi connectivity index (χ4v) is 5.43. The highest BCUT2D eigenvalue weighted by molar-refractivity contribution is 7.19. The minimum atomic E-state index is 0.319. The van der Waals surface area contributed by atoms with E-state index in [2.05, 4.69) is 83.2 Å². The van der Waals surface area contributed by atoms with Gasteiger partial charge in [0.25, 0.3) is 0 Å². The summed E-state index contributed by atoms with van der Waals surface area (Å²) in [6.07, 6.45) is 0. The molecule has 0 amide bonds. The highest BCUT2D eigenvalue weighted by Gasteiger charge is 2.25. The van der Waals surface area contributed by atoms with E-state index in [1.165, 1.54) is 27.3 Å². The Hall–Kier alpha value is -2.63. The fraction of sp³-hybridized carbons (Fsp3) is 0.250. The lowest BCUT2D eigenvalue weighted by Gasteiger charge is -2.37. The Morgan fingerprint density at radius 3 is 2.20 bits per heavy atom. The number of fused-ring (bicyclic) bond motifs is 1. The first kappa shape index (κ1) is 19.3. The summed E-state index contributed by atoms with van der Waals surface area (Å²) in [6.45, 7) is 7.99. The highest BCUT2D eigenvalue weighted by atomic mass is 35.5. The fourth-order valence-electron chi connectivity index (χ4n) is 4.18. The lowest BCUT2D eigenvalue weighted by molar-refractivity contribution is 0.649. The first-order valence-corrected chi connectivity index (χ1v) is 11.4. The van der Waals surface area contributed by atoms with E-state index in [0.717, 1.165) is 42.2 Å². The molecular formula is C24H23ClN4S. The molecule has 4 nitrogen and oxygen atoms in total. The molecule has 0 radical (unpaired) electrons. The van der Waals surface area contributed by atoms with Crippen LogP contribution >= 0.6 is 22.9 Å². The summed E-state index contributed by atoms with van der Waals surface area (Å²) in [5.74, 6) is 0.956. The molecule has 5 rings (SSSR count). The number of thiophene rings is 1. The van der Waals surface area contributed by atoms with Crippen molar-refractivity contribution in [3.63, 3.8) is 0 Å². The number of benzene rings is 2. The summed E-state index contributed by atoms with van der Waals surface area (Å²) < 4.78 is 0. The number of rotatable bonds is 3. The molecule has 0 atom stereocenters. The van der Waals surface area contributed by atoms with E-state index in [-0.39, 0.29) is 0 Å². The number of anilines is 2. The van der Waals surface area contributed by atoms with Gasteiger partial charge in [-0.25, -0.2) is 4.98 Å². The Labute approximate surface area is 185 Å². The van der Waals surface area contributed by atoms with Gasteiger partial charge in [0.2, 0.25) is 5.28 Å². The number of para-hydroxylation sites is 1. The largest absolute Gasteiger partial charge is 0.368 e. The normalized spacial score (nSPS) is 14.5. The molecule has 0 bridgehead atoms. The molecule has 1 saturated heterocycles. The average molecular weight is 435 g/mol. The SMILES string of the molecule is Cc1ccc(-c2c(C)sc3nc(Cl)nc(N4CCN(c5ccccc5)CC4)c23)cc1. The van der Waals surface area contributed by atoms with Crippen LogP contribution in [0.2, 0.25) is 5.28 Å². The topological polar surface area (TPSA) is 32.3 Å². The quantitative estimate of drug-likeness (QED) is 0.372. The van der Waals surface area contributed by atoms with Crippen LogP contribution in [-0.2, 0) is 0 Å². The number of nitrogens with zero attached hydrogens (tertiary/aromatic N) is 4. The standard InChI is InChI=1S/C24H23ClN4S/c1-16-8-10-18(11-9-16)20-17(2)30-23-21(20)22(26-24(25)27-23)29-14-12-28(13-15-29)19-6-4-3-5-7-19/h3-11H,12-15H2,1-2H3. The van der Waals surface area contributed by atoms with Crippen LogP contribution in [0.5, 0.6) is 0 Å². The van der Waals surface area contributed by atoms with Crippen molar-refractivity contribution in [3.05, 3.63) is 70.3 Å². The van der Waals surface area contributed by atoms with Gasteiger partial charge in [0.15, 0.2) is 0 Å². The third-order valence-corrected chi connectivity index (χ3v) is 6.89. The number of halogens is 1. The Kier molecular flexibility index (Phi) is 5.09. The maximum Gasteiger partial charge on any atom is 0.225 e. The maximum absolute atomic E-state index is 6.34. The van der Waals surface area contributed by atoms with E-state index in [4.69, 9.17) is 16.6 Å². The zero-order valence-electron chi connectivity index (χ0n) is 17.1.